The summed E-state index contributed by atoms with van der Waals surface area (Å²) in [5, 5.41) is -0.421. The summed E-state index contributed by atoms with van der Waals surface area (Å²) in [7, 11) is -3.29. The van der Waals surface area contributed by atoms with Crippen molar-refractivity contribution >= 4 is 9.84 Å². The van der Waals surface area contributed by atoms with E-state index in [0.29, 0.717) is 11.3 Å². The van der Waals surface area contributed by atoms with E-state index in [1.807, 2.05) is 26.8 Å². The van der Waals surface area contributed by atoms with Crippen LogP contribution in [0.5, 0.6) is 0 Å². The second-order valence-electron chi connectivity index (χ2n) is 5.29. The summed E-state index contributed by atoms with van der Waals surface area (Å²) in [4.78, 5) is 0.401. The topological polar surface area (TPSA) is 43.4 Å². The number of hydrogen-bond donors (Lipinski definition) is 0. The van der Waals surface area contributed by atoms with Crippen LogP contribution in [0.4, 0.5) is 0 Å². The van der Waals surface area contributed by atoms with E-state index < -0.39 is 15.1 Å². The van der Waals surface area contributed by atoms with Crippen LogP contribution in [0.1, 0.15) is 27.2 Å². The third kappa shape index (κ3) is 2.45. The minimum absolute atomic E-state index is 0.0147. The van der Waals surface area contributed by atoms with Gasteiger partial charge < -0.3 is 4.74 Å². The smallest absolute Gasteiger partial charge is 0.183 e. The average Bonchev–Trinajstić information content (AvgIpc) is 2.73. The zero-order valence-corrected chi connectivity index (χ0v) is 11.9. The van der Waals surface area contributed by atoms with Gasteiger partial charge in [0, 0.05) is 0 Å². The molecule has 1 aliphatic rings. The van der Waals surface area contributed by atoms with Crippen LogP contribution >= 0.6 is 0 Å². The van der Waals surface area contributed by atoms with Crippen molar-refractivity contribution in [1.82, 2.24) is 0 Å². The standard InChI is InChI=1S/C14H20O3S/c1-10(2)14-13(9-11(3)17-14)18(15,16)12-7-5-4-6-8-12/h4-8,10-11,13-14H,9H2,1-3H3/t11-,13+,14-/m0/s1. The zero-order valence-electron chi connectivity index (χ0n) is 11.0. The Bertz CT molecular complexity index is 493. The van der Waals surface area contributed by atoms with E-state index in [-0.39, 0.29) is 18.1 Å². The van der Waals surface area contributed by atoms with Crippen LogP contribution in [0, 0.1) is 5.92 Å². The summed E-state index contributed by atoms with van der Waals surface area (Å²) in [5.41, 5.74) is 0. The Labute approximate surface area is 109 Å². The molecule has 0 radical (unpaired) electrons. The van der Waals surface area contributed by atoms with Gasteiger partial charge >= 0.3 is 0 Å². The molecule has 18 heavy (non-hydrogen) atoms. The molecule has 1 fully saturated rings. The van der Waals surface area contributed by atoms with Gasteiger partial charge in [-0.2, -0.15) is 0 Å². The number of sulfone groups is 1. The van der Waals surface area contributed by atoms with Crippen molar-refractivity contribution in [3.63, 3.8) is 0 Å². The van der Waals surface area contributed by atoms with Gasteiger partial charge in [-0.1, -0.05) is 32.0 Å². The Balaban J connectivity index is 2.35. The van der Waals surface area contributed by atoms with Gasteiger partial charge in [0.25, 0.3) is 0 Å². The highest BCUT2D eigenvalue weighted by Gasteiger charge is 2.43. The van der Waals surface area contributed by atoms with Crippen molar-refractivity contribution in [3.05, 3.63) is 30.3 Å². The highest BCUT2D eigenvalue weighted by atomic mass is 32.2. The fourth-order valence-electron chi connectivity index (χ4n) is 2.55. The minimum Gasteiger partial charge on any atom is -0.374 e. The molecule has 100 valence electrons. The molecule has 0 spiro atoms. The summed E-state index contributed by atoms with van der Waals surface area (Å²) < 4.78 is 31.0. The molecule has 1 aliphatic heterocycles. The third-order valence-electron chi connectivity index (χ3n) is 3.45. The summed E-state index contributed by atoms with van der Waals surface area (Å²) in [6.45, 7) is 5.96. The molecule has 1 aromatic carbocycles. The first-order chi connectivity index (χ1) is 8.43. The summed E-state index contributed by atoms with van der Waals surface area (Å²) in [5.74, 6) is 0.207. The van der Waals surface area contributed by atoms with Gasteiger partial charge in [0.2, 0.25) is 0 Å². The number of rotatable bonds is 3. The molecular weight excluding hydrogens is 248 g/mol. The number of ether oxygens (including phenoxy) is 1. The van der Waals surface area contributed by atoms with Gasteiger partial charge in [-0.3, -0.25) is 0 Å². The first-order valence-corrected chi connectivity index (χ1v) is 7.92. The van der Waals surface area contributed by atoms with E-state index in [4.69, 9.17) is 4.74 Å². The second kappa shape index (κ2) is 5.02. The second-order valence-corrected chi connectivity index (χ2v) is 7.45. The molecule has 4 heteroatoms. The molecule has 0 saturated carbocycles. The van der Waals surface area contributed by atoms with E-state index in [1.165, 1.54) is 0 Å². The van der Waals surface area contributed by atoms with Crippen LogP contribution < -0.4 is 0 Å². The van der Waals surface area contributed by atoms with Crippen molar-refractivity contribution in [2.75, 3.05) is 0 Å². The molecule has 1 aromatic rings. The number of hydrogen-bond acceptors (Lipinski definition) is 3. The third-order valence-corrected chi connectivity index (χ3v) is 5.63. The van der Waals surface area contributed by atoms with Crippen LogP contribution in [0.15, 0.2) is 35.2 Å². The highest BCUT2D eigenvalue weighted by molar-refractivity contribution is 7.92. The van der Waals surface area contributed by atoms with E-state index in [9.17, 15) is 8.42 Å². The fourth-order valence-corrected chi connectivity index (χ4v) is 4.69. The molecule has 3 nitrogen and oxygen atoms in total. The maximum absolute atomic E-state index is 12.6. The first-order valence-electron chi connectivity index (χ1n) is 6.37. The molecule has 0 bridgehead atoms. The van der Waals surface area contributed by atoms with Gasteiger partial charge in [0.15, 0.2) is 9.84 Å². The zero-order chi connectivity index (χ0) is 13.3. The monoisotopic (exact) mass is 268 g/mol. The highest BCUT2D eigenvalue weighted by Crippen LogP contribution is 2.33. The van der Waals surface area contributed by atoms with Crippen molar-refractivity contribution in [2.45, 2.75) is 49.5 Å². The lowest BCUT2D eigenvalue weighted by Crippen LogP contribution is -2.34. The van der Waals surface area contributed by atoms with E-state index in [2.05, 4.69) is 0 Å². The molecule has 3 atom stereocenters. The van der Waals surface area contributed by atoms with E-state index in [0.717, 1.165) is 0 Å². The lowest BCUT2D eigenvalue weighted by atomic mass is 10.0. The molecule has 0 amide bonds. The lowest BCUT2D eigenvalue weighted by Gasteiger charge is -2.22. The molecule has 0 N–H and O–H groups in total. The largest absolute Gasteiger partial charge is 0.374 e. The van der Waals surface area contributed by atoms with Gasteiger partial charge in [0.05, 0.1) is 22.4 Å². The Kier molecular flexibility index (Phi) is 3.78. The molecule has 1 heterocycles. The van der Waals surface area contributed by atoms with Crippen LogP contribution in [-0.4, -0.2) is 25.9 Å². The van der Waals surface area contributed by atoms with Crippen LogP contribution in [-0.2, 0) is 14.6 Å². The van der Waals surface area contributed by atoms with Crippen LogP contribution in [0.2, 0.25) is 0 Å². The molecule has 1 saturated heterocycles. The molecule has 0 aliphatic carbocycles. The predicted octanol–water partition coefficient (Wildman–Crippen LogP) is 2.66. The summed E-state index contributed by atoms with van der Waals surface area (Å²) in [6, 6.07) is 8.67. The Hall–Kier alpha value is -0.870. The van der Waals surface area contributed by atoms with Gasteiger partial charge in [0.1, 0.15) is 0 Å². The van der Waals surface area contributed by atoms with Crippen LogP contribution in [0.3, 0.4) is 0 Å². The van der Waals surface area contributed by atoms with Crippen molar-refractivity contribution in [3.8, 4) is 0 Å². The maximum Gasteiger partial charge on any atom is 0.183 e. The Morgan fingerprint density at radius 3 is 2.39 bits per heavy atom. The minimum atomic E-state index is -3.29. The fraction of sp³-hybridized carbons (Fsp3) is 0.571. The first kappa shape index (κ1) is 13.6. The summed E-state index contributed by atoms with van der Waals surface area (Å²) >= 11 is 0. The van der Waals surface area contributed by atoms with Crippen molar-refractivity contribution in [2.24, 2.45) is 5.92 Å². The Morgan fingerprint density at radius 1 is 1.22 bits per heavy atom. The molecule has 2 rings (SSSR count). The van der Waals surface area contributed by atoms with Gasteiger partial charge in [-0.25, -0.2) is 8.42 Å². The van der Waals surface area contributed by atoms with E-state index >= 15 is 0 Å². The van der Waals surface area contributed by atoms with Crippen molar-refractivity contribution < 1.29 is 13.2 Å². The summed E-state index contributed by atoms with van der Waals surface area (Å²) in [6.07, 6.45) is 0.395. The SMILES string of the molecule is CC(C)[C@@H]1O[C@@H](C)C[C@H]1S(=O)(=O)c1ccccc1. The van der Waals surface area contributed by atoms with E-state index in [1.54, 1.807) is 24.3 Å². The lowest BCUT2D eigenvalue weighted by molar-refractivity contribution is 0.0297. The normalized spacial score (nSPS) is 28.8. The predicted molar refractivity (Wildman–Crippen MR) is 71.2 cm³/mol. The molecular formula is C14H20O3S. The number of benzene rings is 1. The average molecular weight is 268 g/mol. The Morgan fingerprint density at radius 2 is 1.83 bits per heavy atom. The van der Waals surface area contributed by atoms with Crippen molar-refractivity contribution in [1.29, 1.82) is 0 Å². The molecule has 0 unspecified atom stereocenters. The van der Waals surface area contributed by atoms with Crippen LogP contribution in [0.25, 0.3) is 0 Å². The quantitative estimate of drug-likeness (QED) is 0.846. The molecule has 0 aromatic heterocycles. The van der Waals surface area contributed by atoms with Gasteiger partial charge in [-0.15, -0.1) is 0 Å². The van der Waals surface area contributed by atoms with Gasteiger partial charge in [-0.05, 0) is 31.4 Å². The maximum atomic E-state index is 12.6.